The summed E-state index contributed by atoms with van der Waals surface area (Å²) in [5.74, 6) is -0.143. The average molecular weight is 362 g/mol. The van der Waals surface area contributed by atoms with Gasteiger partial charge in [-0.3, -0.25) is 0 Å². The Bertz CT molecular complexity index is 872. The smallest absolute Gasteiger partial charge is 0.388 e. The summed E-state index contributed by atoms with van der Waals surface area (Å²) >= 11 is 6.01. The van der Waals surface area contributed by atoms with E-state index in [2.05, 4.69) is 19.9 Å². The Kier molecular flexibility index (Phi) is 5.19. The molecule has 0 N–H and O–H groups in total. The van der Waals surface area contributed by atoms with Gasteiger partial charge in [-0.15, -0.1) is 0 Å². The number of rotatable bonds is 5. The van der Waals surface area contributed by atoms with Gasteiger partial charge in [-0.05, 0) is 48.4 Å². The fourth-order valence-electron chi connectivity index (χ4n) is 2.36. The van der Waals surface area contributed by atoms with E-state index in [-0.39, 0.29) is 5.88 Å². The van der Waals surface area contributed by atoms with Crippen LogP contribution in [0.4, 0.5) is 8.78 Å². The number of halogens is 3. The minimum absolute atomic E-state index is 0.143. The molecule has 4 nitrogen and oxygen atoms in total. The summed E-state index contributed by atoms with van der Waals surface area (Å²) in [5, 5.41) is 8.62. The lowest BCUT2D eigenvalue weighted by atomic mass is 10.0. The molecule has 128 valence electrons. The number of aryl methyl sites for hydroxylation is 1. The highest BCUT2D eigenvalue weighted by Crippen LogP contribution is 2.32. The summed E-state index contributed by atoms with van der Waals surface area (Å²) in [4.78, 5) is 4.05. The van der Waals surface area contributed by atoms with E-state index in [4.69, 9.17) is 11.6 Å². The Labute approximate surface area is 148 Å². The second-order valence-corrected chi connectivity index (χ2v) is 5.86. The fraction of sp³-hybridized carbons (Fsp3) is 0.167. The minimum atomic E-state index is -2.96. The first-order chi connectivity index (χ1) is 12.0. The van der Waals surface area contributed by atoms with Crippen LogP contribution in [0.1, 0.15) is 17.0 Å². The molecule has 0 aliphatic heterocycles. The molecule has 0 atom stereocenters. The molecule has 3 rings (SSSR count). The first-order valence-electron chi connectivity index (χ1n) is 7.50. The van der Waals surface area contributed by atoms with Crippen LogP contribution in [0.3, 0.4) is 0 Å². The normalized spacial score (nSPS) is 10.9. The number of ether oxygens (including phenoxy) is 1. The van der Waals surface area contributed by atoms with Crippen molar-refractivity contribution in [3.63, 3.8) is 0 Å². The zero-order valence-corrected chi connectivity index (χ0v) is 14.0. The van der Waals surface area contributed by atoms with Crippen molar-refractivity contribution in [2.75, 3.05) is 0 Å². The number of hydrogen-bond acceptors (Lipinski definition) is 4. The summed E-state index contributed by atoms with van der Waals surface area (Å²) in [5.41, 5.74) is 3.47. The molecule has 0 fully saturated rings. The van der Waals surface area contributed by atoms with Crippen LogP contribution < -0.4 is 4.74 Å². The van der Waals surface area contributed by atoms with E-state index in [0.29, 0.717) is 22.6 Å². The molecule has 0 spiro atoms. The Balaban J connectivity index is 1.98. The Morgan fingerprint density at radius 2 is 1.96 bits per heavy atom. The van der Waals surface area contributed by atoms with Crippen LogP contribution in [-0.4, -0.2) is 21.8 Å². The lowest BCUT2D eigenvalue weighted by Crippen LogP contribution is -2.06. The molecule has 0 saturated heterocycles. The Morgan fingerprint density at radius 3 is 2.64 bits per heavy atom. The van der Waals surface area contributed by atoms with Crippen molar-refractivity contribution < 1.29 is 13.5 Å². The van der Waals surface area contributed by atoms with E-state index < -0.39 is 6.61 Å². The molecule has 1 aromatic carbocycles. The van der Waals surface area contributed by atoms with Gasteiger partial charge in [-0.2, -0.15) is 19.0 Å². The van der Waals surface area contributed by atoms with Crippen LogP contribution in [-0.2, 0) is 6.42 Å². The van der Waals surface area contributed by atoms with E-state index in [9.17, 15) is 8.78 Å². The molecule has 0 unspecified atom stereocenters. The Hall–Kier alpha value is -2.60. The highest BCUT2D eigenvalue weighted by molar-refractivity contribution is 6.30. The molecule has 0 radical (unpaired) electrons. The third kappa shape index (κ3) is 4.48. The molecule has 0 amide bonds. The highest BCUT2D eigenvalue weighted by atomic mass is 35.5. The van der Waals surface area contributed by atoms with Gasteiger partial charge in [0, 0.05) is 23.2 Å². The molecule has 2 heterocycles. The quantitative estimate of drug-likeness (QED) is 0.661. The van der Waals surface area contributed by atoms with Gasteiger partial charge in [0.25, 0.3) is 0 Å². The van der Waals surface area contributed by atoms with Crippen LogP contribution in [0, 0.1) is 6.92 Å². The number of hydrogen-bond donors (Lipinski definition) is 0. The van der Waals surface area contributed by atoms with Gasteiger partial charge in [-0.25, -0.2) is 4.98 Å². The second-order valence-electron chi connectivity index (χ2n) is 5.43. The van der Waals surface area contributed by atoms with Gasteiger partial charge >= 0.3 is 6.61 Å². The van der Waals surface area contributed by atoms with Crippen LogP contribution in [0.25, 0.3) is 11.1 Å². The topological polar surface area (TPSA) is 47.9 Å². The summed E-state index contributed by atoms with van der Waals surface area (Å²) in [6.45, 7) is -1.11. The van der Waals surface area contributed by atoms with Gasteiger partial charge < -0.3 is 4.74 Å². The minimum Gasteiger partial charge on any atom is -0.416 e. The third-order valence-corrected chi connectivity index (χ3v) is 3.72. The van der Waals surface area contributed by atoms with Gasteiger partial charge in [0.1, 0.15) is 0 Å². The van der Waals surface area contributed by atoms with Gasteiger partial charge in [0.05, 0.1) is 11.4 Å². The zero-order chi connectivity index (χ0) is 17.8. The molecule has 0 bridgehead atoms. The van der Waals surface area contributed by atoms with Crippen molar-refractivity contribution in [1.82, 2.24) is 15.2 Å². The van der Waals surface area contributed by atoms with E-state index in [1.807, 2.05) is 19.1 Å². The van der Waals surface area contributed by atoms with Crippen molar-refractivity contribution in [3.05, 3.63) is 70.6 Å². The molecular formula is C18H14ClF2N3O. The lowest BCUT2D eigenvalue weighted by Gasteiger charge is -2.12. The van der Waals surface area contributed by atoms with Crippen LogP contribution in [0.15, 0.2) is 48.7 Å². The van der Waals surface area contributed by atoms with Crippen molar-refractivity contribution in [3.8, 4) is 17.0 Å². The maximum absolute atomic E-state index is 12.7. The average Bonchev–Trinajstić information content (AvgIpc) is 2.58. The van der Waals surface area contributed by atoms with E-state index in [1.165, 1.54) is 6.20 Å². The van der Waals surface area contributed by atoms with E-state index in [0.717, 1.165) is 17.0 Å². The van der Waals surface area contributed by atoms with Crippen molar-refractivity contribution in [1.29, 1.82) is 0 Å². The van der Waals surface area contributed by atoms with E-state index in [1.54, 1.807) is 30.3 Å². The predicted molar refractivity (Wildman–Crippen MR) is 90.9 cm³/mol. The van der Waals surface area contributed by atoms with Crippen molar-refractivity contribution >= 4 is 11.6 Å². The first-order valence-corrected chi connectivity index (χ1v) is 7.88. The van der Waals surface area contributed by atoms with E-state index >= 15 is 0 Å². The fourth-order valence-corrected chi connectivity index (χ4v) is 2.55. The first kappa shape index (κ1) is 17.2. The number of pyridine rings is 1. The predicted octanol–water partition coefficient (Wildman–Crippen LogP) is 4.69. The van der Waals surface area contributed by atoms with Crippen molar-refractivity contribution in [2.45, 2.75) is 20.0 Å². The number of alkyl halides is 2. The summed E-state index contributed by atoms with van der Waals surface area (Å²) in [6.07, 6.45) is 1.97. The largest absolute Gasteiger partial charge is 0.416 e. The highest BCUT2D eigenvalue weighted by Gasteiger charge is 2.14. The number of benzene rings is 1. The zero-order valence-electron chi connectivity index (χ0n) is 13.3. The summed E-state index contributed by atoms with van der Waals surface area (Å²) in [7, 11) is 0. The molecule has 3 aromatic rings. The molecule has 7 heteroatoms. The SMILES string of the molecule is Cc1ccc(Cc2cnc(OC(F)F)c(-c3cccc(Cl)c3)c2)nn1. The second kappa shape index (κ2) is 7.53. The molecule has 2 aromatic heterocycles. The molecule has 0 saturated carbocycles. The molecule has 0 aliphatic rings. The maximum atomic E-state index is 12.7. The van der Waals surface area contributed by atoms with Crippen LogP contribution in [0.2, 0.25) is 5.02 Å². The summed E-state index contributed by atoms with van der Waals surface area (Å²) < 4.78 is 29.9. The maximum Gasteiger partial charge on any atom is 0.388 e. The third-order valence-electron chi connectivity index (χ3n) is 3.48. The monoisotopic (exact) mass is 361 g/mol. The lowest BCUT2D eigenvalue weighted by molar-refractivity contribution is -0.0524. The van der Waals surface area contributed by atoms with Crippen LogP contribution in [0.5, 0.6) is 5.88 Å². The molecule has 0 aliphatic carbocycles. The van der Waals surface area contributed by atoms with Gasteiger partial charge in [0.15, 0.2) is 0 Å². The molecular weight excluding hydrogens is 348 g/mol. The van der Waals surface area contributed by atoms with Gasteiger partial charge in [-0.1, -0.05) is 23.7 Å². The number of nitrogens with zero attached hydrogens (tertiary/aromatic N) is 3. The van der Waals surface area contributed by atoms with Crippen molar-refractivity contribution in [2.24, 2.45) is 0 Å². The summed E-state index contributed by atoms with van der Waals surface area (Å²) in [6, 6.07) is 12.4. The van der Waals surface area contributed by atoms with Gasteiger partial charge in [0.2, 0.25) is 5.88 Å². The Morgan fingerprint density at radius 1 is 1.12 bits per heavy atom. The van der Waals surface area contributed by atoms with Crippen LogP contribution >= 0.6 is 11.6 Å². The molecule has 25 heavy (non-hydrogen) atoms. The number of aromatic nitrogens is 3. The standard InChI is InChI=1S/C18H14ClF2N3O/c1-11-5-6-15(24-23-11)7-12-8-16(13-3-2-4-14(19)9-13)17(22-10-12)25-18(20)21/h2-6,8-10,18H,7H2,1H3.